The van der Waals surface area contributed by atoms with Gasteiger partial charge in [-0.25, -0.2) is 0 Å². The second-order valence-electron chi connectivity index (χ2n) is 3.81. The largest absolute Gasteiger partial charge is 0.505 e. The van der Waals surface area contributed by atoms with Crippen LogP contribution in [-0.4, -0.2) is 33.8 Å². The van der Waals surface area contributed by atoms with Gasteiger partial charge in [-0.2, -0.15) is 0 Å². The lowest BCUT2D eigenvalue weighted by molar-refractivity contribution is 0.0913. The number of amides is 1. The maximum atomic E-state index is 11.7. The Bertz CT molecular complexity index is 368. The molecule has 1 aromatic heterocycles. The van der Waals surface area contributed by atoms with Crippen LogP contribution in [0.3, 0.4) is 0 Å². The Kier molecular flexibility index (Phi) is 4.25. The number of nitrogens with zero attached hydrogens (tertiary/aromatic N) is 1. The fourth-order valence-corrected chi connectivity index (χ4v) is 1.16. The summed E-state index contributed by atoms with van der Waals surface area (Å²) >= 11 is 0. The first-order chi connectivity index (χ1) is 7.56. The predicted molar refractivity (Wildman–Crippen MR) is 59.1 cm³/mol. The van der Waals surface area contributed by atoms with E-state index in [4.69, 9.17) is 5.11 Å². The smallest absolute Gasteiger partial charge is 0.255 e. The van der Waals surface area contributed by atoms with Crippen molar-refractivity contribution in [1.29, 1.82) is 0 Å². The van der Waals surface area contributed by atoms with Gasteiger partial charge in [-0.05, 0) is 18.9 Å². The zero-order valence-electron chi connectivity index (χ0n) is 9.34. The standard InChI is InChI=1S/C11H16N2O3/c1-7(6-14)8(2)13-11(16)9-3-4-12-5-10(9)15/h3-5,7-8,14-15H,6H2,1-2H3,(H,13,16). The van der Waals surface area contributed by atoms with Gasteiger partial charge in [0.15, 0.2) is 0 Å². The van der Waals surface area contributed by atoms with Gasteiger partial charge >= 0.3 is 0 Å². The number of aromatic nitrogens is 1. The van der Waals surface area contributed by atoms with Gasteiger partial charge in [-0.15, -0.1) is 0 Å². The van der Waals surface area contributed by atoms with Crippen LogP contribution in [0.2, 0.25) is 0 Å². The molecule has 0 spiro atoms. The molecule has 0 fully saturated rings. The van der Waals surface area contributed by atoms with E-state index in [0.717, 1.165) is 0 Å². The maximum Gasteiger partial charge on any atom is 0.255 e. The number of hydrogen-bond acceptors (Lipinski definition) is 4. The lowest BCUT2D eigenvalue weighted by Crippen LogP contribution is -2.38. The molecule has 2 unspecified atom stereocenters. The highest BCUT2D eigenvalue weighted by Crippen LogP contribution is 2.14. The van der Waals surface area contributed by atoms with E-state index in [1.54, 1.807) is 6.92 Å². The SMILES string of the molecule is CC(CO)C(C)NC(=O)c1ccncc1O. The lowest BCUT2D eigenvalue weighted by Gasteiger charge is -2.19. The van der Waals surface area contributed by atoms with E-state index in [1.165, 1.54) is 18.5 Å². The number of nitrogens with one attached hydrogen (secondary N) is 1. The van der Waals surface area contributed by atoms with Gasteiger partial charge in [-0.1, -0.05) is 6.92 Å². The molecule has 0 saturated heterocycles. The minimum atomic E-state index is -0.368. The fourth-order valence-electron chi connectivity index (χ4n) is 1.16. The molecule has 1 rings (SSSR count). The fraction of sp³-hybridized carbons (Fsp3) is 0.455. The van der Waals surface area contributed by atoms with Crippen molar-refractivity contribution in [3.8, 4) is 5.75 Å². The zero-order chi connectivity index (χ0) is 12.1. The summed E-state index contributed by atoms with van der Waals surface area (Å²) < 4.78 is 0. The van der Waals surface area contributed by atoms with E-state index in [-0.39, 0.29) is 35.8 Å². The first kappa shape index (κ1) is 12.4. The Morgan fingerprint density at radius 3 is 2.81 bits per heavy atom. The monoisotopic (exact) mass is 224 g/mol. The molecule has 5 nitrogen and oxygen atoms in total. The molecule has 0 saturated carbocycles. The molecule has 1 aromatic rings. The van der Waals surface area contributed by atoms with Crippen molar-refractivity contribution in [2.45, 2.75) is 19.9 Å². The van der Waals surface area contributed by atoms with Gasteiger partial charge in [-0.3, -0.25) is 9.78 Å². The first-order valence-electron chi connectivity index (χ1n) is 5.11. The molecule has 0 aliphatic carbocycles. The summed E-state index contributed by atoms with van der Waals surface area (Å²) in [6.45, 7) is 3.64. The van der Waals surface area contributed by atoms with E-state index >= 15 is 0 Å². The molecule has 2 atom stereocenters. The number of aliphatic hydroxyl groups excluding tert-OH is 1. The third kappa shape index (κ3) is 2.93. The first-order valence-corrected chi connectivity index (χ1v) is 5.11. The Balaban J connectivity index is 2.70. The van der Waals surface area contributed by atoms with E-state index < -0.39 is 0 Å². The van der Waals surface area contributed by atoms with Gasteiger partial charge in [0.05, 0.1) is 11.8 Å². The van der Waals surface area contributed by atoms with Crippen molar-refractivity contribution in [2.24, 2.45) is 5.92 Å². The Morgan fingerprint density at radius 1 is 1.56 bits per heavy atom. The van der Waals surface area contributed by atoms with Crippen molar-refractivity contribution in [2.75, 3.05) is 6.61 Å². The van der Waals surface area contributed by atoms with Gasteiger partial charge in [0.2, 0.25) is 0 Å². The summed E-state index contributed by atoms with van der Waals surface area (Å²) in [5.41, 5.74) is 0.187. The van der Waals surface area contributed by atoms with Gasteiger partial charge in [0, 0.05) is 18.8 Å². The second-order valence-corrected chi connectivity index (χ2v) is 3.81. The van der Waals surface area contributed by atoms with Crippen molar-refractivity contribution < 1.29 is 15.0 Å². The molecule has 0 aromatic carbocycles. The van der Waals surface area contributed by atoms with Crippen LogP contribution in [0, 0.1) is 5.92 Å². The third-order valence-electron chi connectivity index (χ3n) is 2.54. The van der Waals surface area contributed by atoms with Crippen LogP contribution in [0.15, 0.2) is 18.5 Å². The van der Waals surface area contributed by atoms with Gasteiger partial charge < -0.3 is 15.5 Å². The summed E-state index contributed by atoms with van der Waals surface area (Å²) in [4.78, 5) is 15.4. The molecule has 5 heteroatoms. The number of aliphatic hydroxyl groups is 1. The molecule has 1 heterocycles. The number of aromatic hydroxyl groups is 1. The normalized spacial score (nSPS) is 14.2. The molecule has 0 aliphatic heterocycles. The number of pyridine rings is 1. The number of carbonyl (C=O) groups is 1. The van der Waals surface area contributed by atoms with Gasteiger partial charge in [0.25, 0.3) is 5.91 Å². The molecule has 3 N–H and O–H groups in total. The molecule has 88 valence electrons. The molecule has 0 bridgehead atoms. The van der Waals surface area contributed by atoms with Crippen LogP contribution in [-0.2, 0) is 0 Å². The summed E-state index contributed by atoms with van der Waals surface area (Å²) in [6.07, 6.45) is 2.66. The number of rotatable bonds is 4. The summed E-state index contributed by atoms with van der Waals surface area (Å²) in [7, 11) is 0. The number of carbonyl (C=O) groups excluding carboxylic acids is 1. The van der Waals surface area contributed by atoms with Crippen molar-refractivity contribution >= 4 is 5.91 Å². The minimum Gasteiger partial charge on any atom is -0.505 e. The lowest BCUT2D eigenvalue weighted by atomic mass is 10.0. The van der Waals surface area contributed by atoms with Crippen molar-refractivity contribution in [1.82, 2.24) is 10.3 Å². The molecular formula is C11H16N2O3. The third-order valence-corrected chi connectivity index (χ3v) is 2.54. The predicted octanol–water partition coefficient (Wildman–Crippen LogP) is 0.534. The highest BCUT2D eigenvalue weighted by Gasteiger charge is 2.17. The van der Waals surface area contributed by atoms with Crippen LogP contribution in [0.5, 0.6) is 5.75 Å². The van der Waals surface area contributed by atoms with Crippen LogP contribution >= 0.6 is 0 Å². The van der Waals surface area contributed by atoms with E-state index in [0.29, 0.717) is 0 Å². The average Bonchev–Trinajstić information content (AvgIpc) is 2.28. The molecular weight excluding hydrogens is 208 g/mol. The Hall–Kier alpha value is -1.62. The van der Waals surface area contributed by atoms with Crippen LogP contribution in [0.1, 0.15) is 24.2 Å². The summed E-state index contributed by atoms with van der Waals surface area (Å²) in [5.74, 6) is -0.551. The van der Waals surface area contributed by atoms with E-state index in [9.17, 15) is 9.90 Å². The highest BCUT2D eigenvalue weighted by molar-refractivity contribution is 5.96. The Labute approximate surface area is 94.1 Å². The highest BCUT2D eigenvalue weighted by atomic mass is 16.3. The quantitative estimate of drug-likeness (QED) is 0.697. The van der Waals surface area contributed by atoms with Crippen LogP contribution in [0.4, 0.5) is 0 Å². The molecule has 0 radical (unpaired) electrons. The Morgan fingerprint density at radius 2 is 2.25 bits per heavy atom. The van der Waals surface area contributed by atoms with E-state index in [1.807, 2.05) is 6.92 Å². The summed E-state index contributed by atoms with van der Waals surface area (Å²) in [6, 6.07) is 1.28. The molecule has 0 aliphatic rings. The number of hydrogen-bond donors (Lipinski definition) is 3. The van der Waals surface area contributed by atoms with Crippen LogP contribution < -0.4 is 5.32 Å². The summed E-state index contributed by atoms with van der Waals surface area (Å²) in [5, 5.41) is 21.1. The van der Waals surface area contributed by atoms with E-state index in [2.05, 4.69) is 10.3 Å². The topological polar surface area (TPSA) is 82.5 Å². The van der Waals surface area contributed by atoms with Crippen molar-refractivity contribution in [3.05, 3.63) is 24.0 Å². The zero-order valence-corrected chi connectivity index (χ0v) is 9.34. The van der Waals surface area contributed by atoms with Gasteiger partial charge in [0.1, 0.15) is 5.75 Å². The minimum absolute atomic E-state index is 0.00374. The van der Waals surface area contributed by atoms with Crippen LogP contribution in [0.25, 0.3) is 0 Å². The maximum absolute atomic E-state index is 11.7. The second kappa shape index (κ2) is 5.46. The molecule has 1 amide bonds. The average molecular weight is 224 g/mol. The molecule has 16 heavy (non-hydrogen) atoms. The van der Waals surface area contributed by atoms with Crippen molar-refractivity contribution in [3.63, 3.8) is 0 Å².